The predicted octanol–water partition coefficient (Wildman–Crippen LogP) is 3.34. The van der Waals surface area contributed by atoms with Crippen LogP contribution in [0.2, 0.25) is 0 Å². The van der Waals surface area contributed by atoms with Gasteiger partial charge in [-0.25, -0.2) is 8.42 Å². The van der Waals surface area contributed by atoms with Crippen LogP contribution in [0.1, 0.15) is 52.9 Å². The van der Waals surface area contributed by atoms with E-state index in [1.807, 2.05) is 31.2 Å². The van der Waals surface area contributed by atoms with Gasteiger partial charge in [-0.1, -0.05) is 49.7 Å². The number of benzene rings is 2. The highest BCUT2D eigenvalue weighted by Gasteiger charge is 2.16. The minimum absolute atomic E-state index is 0. The summed E-state index contributed by atoms with van der Waals surface area (Å²) in [7, 11) is -3.49. The standard InChI is InChI=1S/C20H27N3O3S.ClH/c1-13(2)15-6-8-16(9-7-15)18(21)12-22-20(24)17-11-14(3)5-10-19(17)23-27(4,25)26;/h5-11,13,18,23H,12,21H2,1-4H3,(H,22,24);1H. The molecule has 0 saturated heterocycles. The fourth-order valence-corrected chi connectivity index (χ4v) is 3.26. The van der Waals surface area contributed by atoms with Crippen molar-refractivity contribution in [2.24, 2.45) is 5.73 Å². The number of halogens is 1. The van der Waals surface area contributed by atoms with Gasteiger partial charge in [-0.2, -0.15) is 0 Å². The van der Waals surface area contributed by atoms with E-state index in [1.54, 1.807) is 18.2 Å². The molecule has 6 nitrogen and oxygen atoms in total. The molecule has 1 unspecified atom stereocenters. The first-order valence-electron chi connectivity index (χ1n) is 8.79. The quantitative estimate of drug-likeness (QED) is 0.633. The number of rotatable bonds is 7. The highest BCUT2D eigenvalue weighted by Crippen LogP contribution is 2.20. The molecule has 0 radical (unpaired) electrons. The molecule has 1 amide bonds. The lowest BCUT2D eigenvalue weighted by Gasteiger charge is -2.16. The second kappa shape index (κ2) is 9.91. The van der Waals surface area contributed by atoms with E-state index in [9.17, 15) is 13.2 Å². The molecule has 0 spiro atoms. The summed E-state index contributed by atoms with van der Waals surface area (Å²) in [5, 5.41) is 2.79. The van der Waals surface area contributed by atoms with Gasteiger partial charge in [-0.3, -0.25) is 9.52 Å². The lowest BCUT2D eigenvalue weighted by atomic mass is 9.99. The lowest BCUT2D eigenvalue weighted by Crippen LogP contribution is -2.32. The number of amides is 1. The van der Waals surface area contributed by atoms with E-state index in [-0.39, 0.29) is 42.2 Å². The third-order valence-electron chi connectivity index (χ3n) is 4.23. The molecule has 2 rings (SSSR count). The molecule has 0 aliphatic carbocycles. The summed E-state index contributed by atoms with van der Waals surface area (Å²) in [6.07, 6.45) is 1.05. The van der Waals surface area contributed by atoms with Gasteiger partial charge in [-0.15, -0.1) is 12.4 Å². The highest BCUT2D eigenvalue weighted by atomic mass is 35.5. The number of nitrogens with one attached hydrogen (secondary N) is 2. The third-order valence-corrected chi connectivity index (χ3v) is 4.82. The second-order valence-corrected chi connectivity index (χ2v) is 8.81. The van der Waals surface area contributed by atoms with Crippen LogP contribution in [0.25, 0.3) is 0 Å². The smallest absolute Gasteiger partial charge is 0.253 e. The first-order chi connectivity index (χ1) is 12.6. The van der Waals surface area contributed by atoms with E-state index in [4.69, 9.17) is 5.73 Å². The lowest BCUT2D eigenvalue weighted by molar-refractivity contribution is 0.0952. The minimum atomic E-state index is -3.49. The number of carbonyl (C=O) groups excluding carboxylic acids is 1. The van der Waals surface area contributed by atoms with Gasteiger partial charge in [0.25, 0.3) is 5.91 Å². The molecule has 8 heteroatoms. The Hall–Kier alpha value is -2.09. The molecular formula is C20H28ClN3O3S. The van der Waals surface area contributed by atoms with Gasteiger partial charge >= 0.3 is 0 Å². The van der Waals surface area contributed by atoms with Crippen LogP contribution in [0.4, 0.5) is 5.69 Å². The Labute approximate surface area is 173 Å². The Kier molecular flexibility index (Phi) is 8.48. The van der Waals surface area contributed by atoms with E-state index < -0.39 is 10.0 Å². The van der Waals surface area contributed by atoms with Crippen molar-refractivity contribution in [2.75, 3.05) is 17.5 Å². The Bertz CT molecular complexity index is 913. The maximum atomic E-state index is 12.6. The number of carbonyl (C=O) groups is 1. The maximum Gasteiger partial charge on any atom is 0.253 e. The van der Waals surface area contributed by atoms with Crippen molar-refractivity contribution in [3.63, 3.8) is 0 Å². The number of aryl methyl sites for hydroxylation is 1. The van der Waals surface area contributed by atoms with Crippen LogP contribution in [0.15, 0.2) is 42.5 Å². The Balaban J connectivity index is 0.00000392. The SMILES string of the molecule is Cc1ccc(NS(C)(=O)=O)c(C(=O)NCC(N)c2ccc(C(C)C)cc2)c1.Cl. The van der Waals surface area contributed by atoms with Crippen molar-refractivity contribution in [2.45, 2.75) is 32.7 Å². The van der Waals surface area contributed by atoms with Crippen molar-refractivity contribution in [3.8, 4) is 0 Å². The first kappa shape index (κ1) is 23.9. The number of anilines is 1. The van der Waals surface area contributed by atoms with Gasteiger partial charge in [0.2, 0.25) is 10.0 Å². The molecule has 0 bridgehead atoms. The van der Waals surface area contributed by atoms with Crippen LogP contribution in [-0.4, -0.2) is 27.1 Å². The monoisotopic (exact) mass is 425 g/mol. The fourth-order valence-electron chi connectivity index (χ4n) is 2.68. The van der Waals surface area contributed by atoms with E-state index in [0.717, 1.165) is 17.4 Å². The molecule has 0 saturated carbocycles. The van der Waals surface area contributed by atoms with Crippen molar-refractivity contribution in [1.82, 2.24) is 5.32 Å². The minimum Gasteiger partial charge on any atom is -0.350 e. The molecular weight excluding hydrogens is 398 g/mol. The van der Waals surface area contributed by atoms with Crippen LogP contribution < -0.4 is 15.8 Å². The molecule has 0 aliphatic rings. The van der Waals surface area contributed by atoms with Crippen molar-refractivity contribution >= 4 is 34.0 Å². The summed E-state index contributed by atoms with van der Waals surface area (Å²) in [6, 6.07) is 12.6. The number of hydrogen-bond acceptors (Lipinski definition) is 4. The molecule has 0 fully saturated rings. The molecule has 0 aromatic heterocycles. The summed E-state index contributed by atoms with van der Waals surface area (Å²) < 4.78 is 25.4. The third kappa shape index (κ3) is 6.82. The summed E-state index contributed by atoms with van der Waals surface area (Å²) in [5.41, 5.74) is 9.71. The van der Waals surface area contributed by atoms with Crippen LogP contribution in [0.5, 0.6) is 0 Å². The van der Waals surface area contributed by atoms with Crippen molar-refractivity contribution < 1.29 is 13.2 Å². The molecule has 4 N–H and O–H groups in total. The van der Waals surface area contributed by atoms with Gasteiger partial charge in [-0.05, 0) is 36.1 Å². The summed E-state index contributed by atoms with van der Waals surface area (Å²) in [6.45, 7) is 6.33. The topological polar surface area (TPSA) is 101 Å². The zero-order valence-electron chi connectivity index (χ0n) is 16.5. The van der Waals surface area contributed by atoms with Crippen LogP contribution in [0, 0.1) is 6.92 Å². The molecule has 2 aromatic carbocycles. The highest BCUT2D eigenvalue weighted by molar-refractivity contribution is 7.92. The molecule has 1 atom stereocenters. The predicted molar refractivity (Wildman–Crippen MR) is 117 cm³/mol. The molecule has 0 aliphatic heterocycles. The Morgan fingerprint density at radius 1 is 1.07 bits per heavy atom. The average Bonchev–Trinajstić information content (AvgIpc) is 2.59. The van der Waals surface area contributed by atoms with Gasteiger partial charge < -0.3 is 11.1 Å². The van der Waals surface area contributed by atoms with Gasteiger partial charge in [0, 0.05) is 12.6 Å². The molecule has 0 heterocycles. The number of hydrogen-bond donors (Lipinski definition) is 3. The fraction of sp³-hybridized carbons (Fsp3) is 0.350. The number of nitrogens with two attached hydrogens (primary N) is 1. The molecule has 28 heavy (non-hydrogen) atoms. The number of sulfonamides is 1. The van der Waals surface area contributed by atoms with Gasteiger partial charge in [0.1, 0.15) is 0 Å². The zero-order valence-corrected chi connectivity index (χ0v) is 18.2. The van der Waals surface area contributed by atoms with Gasteiger partial charge in [0.15, 0.2) is 0 Å². The summed E-state index contributed by atoms with van der Waals surface area (Å²) in [4.78, 5) is 12.6. The van der Waals surface area contributed by atoms with Crippen molar-refractivity contribution in [3.05, 3.63) is 64.7 Å². The summed E-state index contributed by atoms with van der Waals surface area (Å²) in [5.74, 6) is 0.0659. The Morgan fingerprint density at radius 3 is 2.18 bits per heavy atom. The molecule has 2 aromatic rings. The van der Waals surface area contributed by atoms with E-state index in [2.05, 4.69) is 23.9 Å². The zero-order chi connectivity index (χ0) is 20.2. The first-order valence-corrected chi connectivity index (χ1v) is 10.7. The van der Waals surface area contributed by atoms with E-state index in [0.29, 0.717) is 5.92 Å². The van der Waals surface area contributed by atoms with Gasteiger partial charge in [0.05, 0.1) is 17.5 Å². The van der Waals surface area contributed by atoms with Crippen LogP contribution in [0.3, 0.4) is 0 Å². The van der Waals surface area contributed by atoms with Crippen molar-refractivity contribution in [1.29, 1.82) is 0 Å². The maximum absolute atomic E-state index is 12.6. The summed E-state index contributed by atoms with van der Waals surface area (Å²) >= 11 is 0. The largest absolute Gasteiger partial charge is 0.350 e. The van der Waals surface area contributed by atoms with E-state index in [1.165, 1.54) is 5.56 Å². The normalized spacial score (nSPS) is 12.2. The Morgan fingerprint density at radius 2 is 1.64 bits per heavy atom. The van der Waals surface area contributed by atoms with Crippen LogP contribution in [-0.2, 0) is 10.0 Å². The molecule has 154 valence electrons. The second-order valence-electron chi connectivity index (χ2n) is 7.06. The average molecular weight is 426 g/mol. The van der Waals surface area contributed by atoms with E-state index >= 15 is 0 Å². The van der Waals surface area contributed by atoms with Crippen LogP contribution >= 0.6 is 12.4 Å².